The van der Waals surface area contributed by atoms with E-state index in [0.29, 0.717) is 19.0 Å². The van der Waals surface area contributed by atoms with E-state index in [9.17, 15) is 8.78 Å². The van der Waals surface area contributed by atoms with Crippen molar-refractivity contribution in [3.8, 4) is 11.5 Å². The molecule has 3 aromatic rings. The predicted molar refractivity (Wildman–Crippen MR) is 115 cm³/mol. The van der Waals surface area contributed by atoms with Crippen molar-refractivity contribution >= 4 is 35.6 Å². The van der Waals surface area contributed by atoms with Crippen molar-refractivity contribution in [1.82, 2.24) is 25.2 Å². The summed E-state index contributed by atoms with van der Waals surface area (Å²) >= 11 is 0. The normalized spacial score (nSPS) is 11.3. The van der Waals surface area contributed by atoms with Gasteiger partial charge in [-0.3, -0.25) is 9.39 Å². The minimum absolute atomic E-state index is 0. The summed E-state index contributed by atoms with van der Waals surface area (Å²) in [7, 11) is 3.03. The van der Waals surface area contributed by atoms with Crippen LogP contribution >= 0.6 is 24.0 Å². The average molecular weight is 518 g/mol. The Bertz CT molecular complexity index is 966. The Hall–Kier alpha value is -2.70. The molecule has 2 aromatic heterocycles. The Labute approximate surface area is 183 Å². The molecule has 29 heavy (non-hydrogen) atoms. The maximum absolute atomic E-state index is 12.5. The van der Waals surface area contributed by atoms with Crippen LogP contribution in [0.15, 0.2) is 47.6 Å². The average Bonchev–Trinajstić information content (AvgIpc) is 3.11. The van der Waals surface area contributed by atoms with Crippen LogP contribution in [0.1, 0.15) is 11.4 Å². The minimum Gasteiger partial charge on any atom is -0.493 e. The molecule has 0 saturated carbocycles. The molecule has 0 radical (unpaired) electrons. The molecule has 0 aliphatic rings. The number of halogens is 3. The molecule has 0 amide bonds. The highest BCUT2D eigenvalue weighted by Crippen LogP contribution is 2.29. The van der Waals surface area contributed by atoms with E-state index in [2.05, 4.69) is 30.6 Å². The fourth-order valence-corrected chi connectivity index (χ4v) is 2.60. The maximum atomic E-state index is 12.5. The number of nitrogens with one attached hydrogen (secondary N) is 2. The van der Waals surface area contributed by atoms with E-state index < -0.39 is 6.61 Å². The predicted octanol–water partition coefficient (Wildman–Crippen LogP) is 2.82. The SMILES string of the molecule is CN=C(NCc1ccc(OC)c(OC(F)F)c1)NCc1nnc2ccccn12.I. The number of hydrogen-bond acceptors (Lipinski definition) is 5. The van der Waals surface area contributed by atoms with Gasteiger partial charge in [0.15, 0.2) is 28.9 Å². The first-order valence-electron chi connectivity index (χ1n) is 8.45. The lowest BCUT2D eigenvalue weighted by Gasteiger charge is -2.14. The third-order valence-electron chi connectivity index (χ3n) is 3.93. The monoisotopic (exact) mass is 518 g/mol. The number of hydrogen-bond donors (Lipinski definition) is 2. The molecule has 0 saturated heterocycles. The number of aromatic nitrogens is 3. The van der Waals surface area contributed by atoms with Crippen LogP contribution < -0.4 is 20.1 Å². The zero-order valence-corrected chi connectivity index (χ0v) is 18.1. The summed E-state index contributed by atoms with van der Waals surface area (Å²) in [4.78, 5) is 4.15. The molecule has 156 valence electrons. The zero-order valence-electron chi connectivity index (χ0n) is 15.8. The van der Waals surface area contributed by atoms with Gasteiger partial charge in [-0.1, -0.05) is 12.1 Å². The molecule has 2 N–H and O–H groups in total. The molecule has 0 fully saturated rings. The minimum atomic E-state index is -2.93. The van der Waals surface area contributed by atoms with Gasteiger partial charge in [-0.15, -0.1) is 34.2 Å². The molecule has 0 aliphatic carbocycles. The summed E-state index contributed by atoms with van der Waals surface area (Å²) in [6, 6.07) is 10.5. The van der Waals surface area contributed by atoms with E-state index in [1.54, 1.807) is 19.2 Å². The van der Waals surface area contributed by atoms with Gasteiger partial charge in [0, 0.05) is 19.8 Å². The first-order chi connectivity index (χ1) is 13.6. The summed E-state index contributed by atoms with van der Waals surface area (Å²) in [6.07, 6.45) is 1.88. The number of fused-ring (bicyclic) bond motifs is 1. The highest BCUT2D eigenvalue weighted by atomic mass is 127. The quantitative estimate of drug-likeness (QED) is 0.285. The van der Waals surface area contributed by atoms with Crippen LogP contribution in [-0.2, 0) is 13.1 Å². The van der Waals surface area contributed by atoms with Gasteiger partial charge < -0.3 is 20.1 Å². The zero-order chi connectivity index (χ0) is 19.9. The summed E-state index contributed by atoms with van der Waals surface area (Å²) in [5.74, 6) is 1.48. The van der Waals surface area contributed by atoms with Crippen molar-refractivity contribution in [2.45, 2.75) is 19.7 Å². The van der Waals surface area contributed by atoms with Crippen LogP contribution in [0.3, 0.4) is 0 Å². The van der Waals surface area contributed by atoms with Crippen LogP contribution in [0.25, 0.3) is 5.65 Å². The number of aliphatic imine (C=N–C) groups is 1. The first-order valence-corrected chi connectivity index (χ1v) is 8.45. The molecule has 0 spiro atoms. The second-order valence-corrected chi connectivity index (χ2v) is 5.69. The van der Waals surface area contributed by atoms with Crippen molar-refractivity contribution in [2.24, 2.45) is 4.99 Å². The van der Waals surface area contributed by atoms with Gasteiger partial charge in [0.2, 0.25) is 0 Å². The molecular weight excluding hydrogens is 497 g/mol. The number of ether oxygens (including phenoxy) is 2. The van der Waals surface area contributed by atoms with Gasteiger partial charge in [-0.25, -0.2) is 0 Å². The van der Waals surface area contributed by atoms with Crippen molar-refractivity contribution in [2.75, 3.05) is 14.2 Å². The van der Waals surface area contributed by atoms with Gasteiger partial charge in [0.05, 0.1) is 13.7 Å². The molecule has 3 rings (SSSR count). The lowest BCUT2D eigenvalue weighted by Crippen LogP contribution is -2.36. The first kappa shape index (κ1) is 22.6. The Morgan fingerprint density at radius 3 is 2.66 bits per heavy atom. The molecule has 0 atom stereocenters. The summed E-state index contributed by atoms with van der Waals surface area (Å²) in [6.45, 7) is -2.17. The molecule has 2 heterocycles. The molecular formula is C18H21F2IN6O2. The van der Waals surface area contributed by atoms with Crippen LogP contribution in [0.5, 0.6) is 11.5 Å². The smallest absolute Gasteiger partial charge is 0.387 e. The number of methoxy groups -OCH3 is 1. The van der Waals surface area contributed by atoms with Crippen LogP contribution in [-0.4, -0.2) is 41.3 Å². The van der Waals surface area contributed by atoms with Crippen LogP contribution in [0.4, 0.5) is 8.78 Å². The largest absolute Gasteiger partial charge is 0.493 e. The standard InChI is InChI=1S/C18H20F2N6O2.HI/c1-21-18(23-11-16-25-24-15-5-3-4-8-26(15)16)22-10-12-6-7-13(27-2)14(9-12)28-17(19)20;/h3-9,17H,10-11H2,1-2H3,(H2,21,22,23);1H. The highest BCUT2D eigenvalue weighted by molar-refractivity contribution is 14.0. The van der Waals surface area contributed by atoms with E-state index in [-0.39, 0.29) is 35.5 Å². The topological polar surface area (TPSA) is 85.1 Å². The number of guanidine groups is 1. The Morgan fingerprint density at radius 2 is 1.93 bits per heavy atom. The third kappa shape index (κ3) is 5.89. The van der Waals surface area contributed by atoms with E-state index in [1.165, 1.54) is 13.2 Å². The van der Waals surface area contributed by atoms with Crippen molar-refractivity contribution in [1.29, 1.82) is 0 Å². The Kier molecular flexibility index (Phi) is 8.36. The van der Waals surface area contributed by atoms with Gasteiger partial charge in [-0.2, -0.15) is 8.78 Å². The fourth-order valence-electron chi connectivity index (χ4n) is 2.60. The maximum Gasteiger partial charge on any atom is 0.387 e. The second kappa shape index (κ2) is 10.7. The van der Waals surface area contributed by atoms with E-state index in [1.807, 2.05) is 28.8 Å². The number of nitrogens with zero attached hydrogens (tertiary/aromatic N) is 4. The molecule has 8 nitrogen and oxygen atoms in total. The van der Waals surface area contributed by atoms with Gasteiger partial charge in [0.1, 0.15) is 0 Å². The van der Waals surface area contributed by atoms with Crippen molar-refractivity contribution in [3.63, 3.8) is 0 Å². The van der Waals surface area contributed by atoms with Crippen LogP contribution in [0.2, 0.25) is 0 Å². The summed E-state index contributed by atoms with van der Waals surface area (Å²) in [5, 5.41) is 14.5. The van der Waals surface area contributed by atoms with E-state index >= 15 is 0 Å². The number of rotatable bonds is 7. The summed E-state index contributed by atoms with van der Waals surface area (Å²) < 4.78 is 36.5. The van der Waals surface area contributed by atoms with Crippen molar-refractivity contribution < 1.29 is 18.3 Å². The number of benzene rings is 1. The lowest BCUT2D eigenvalue weighted by molar-refractivity contribution is -0.0512. The Morgan fingerprint density at radius 1 is 1.14 bits per heavy atom. The molecule has 1 aromatic carbocycles. The van der Waals surface area contributed by atoms with E-state index in [0.717, 1.165) is 17.0 Å². The van der Waals surface area contributed by atoms with Gasteiger partial charge in [0.25, 0.3) is 0 Å². The molecule has 0 bridgehead atoms. The van der Waals surface area contributed by atoms with E-state index in [4.69, 9.17) is 4.74 Å². The van der Waals surface area contributed by atoms with Gasteiger partial charge >= 0.3 is 6.61 Å². The Balaban J connectivity index is 0.00000300. The van der Waals surface area contributed by atoms with Gasteiger partial charge in [-0.05, 0) is 29.8 Å². The second-order valence-electron chi connectivity index (χ2n) is 5.69. The summed E-state index contributed by atoms with van der Waals surface area (Å²) in [5.41, 5.74) is 1.49. The van der Waals surface area contributed by atoms with Crippen molar-refractivity contribution in [3.05, 3.63) is 54.0 Å². The number of pyridine rings is 1. The molecule has 11 heteroatoms. The fraction of sp³-hybridized carbons (Fsp3) is 0.278. The number of alkyl halides is 2. The lowest BCUT2D eigenvalue weighted by atomic mass is 10.2. The molecule has 0 unspecified atom stereocenters. The molecule has 0 aliphatic heterocycles. The highest BCUT2D eigenvalue weighted by Gasteiger charge is 2.12. The van der Waals surface area contributed by atoms with Crippen LogP contribution in [0, 0.1) is 0 Å². The third-order valence-corrected chi connectivity index (χ3v) is 3.93.